The molecule has 0 aliphatic heterocycles. The van der Waals surface area contributed by atoms with E-state index in [1.54, 1.807) is 0 Å². The predicted molar refractivity (Wildman–Crippen MR) is 288 cm³/mol. The SMILES string of the molecule is CC/C=C\C/C=C\C/C=C\C/C=C\CCCCCCC(=O)OCC(COCCCCCCCCCC/C=C\C/C=C\CCCCC)OC(=O)CCCCCCCCCCCCCCCCC. The second-order valence-corrected chi connectivity index (χ2v) is 18.8. The largest absolute Gasteiger partial charge is 0.462 e. The number of esters is 2. The second kappa shape index (κ2) is 56.7. The molecule has 382 valence electrons. The molecular weight excluding hydrogens is 813 g/mol. The minimum Gasteiger partial charge on any atom is -0.462 e. The smallest absolute Gasteiger partial charge is 0.306 e. The van der Waals surface area contributed by atoms with E-state index in [4.69, 9.17) is 14.2 Å². The molecule has 0 heterocycles. The van der Waals surface area contributed by atoms with Gasteiger partial charge in [-0.25, -0.2) is 0 Å². The van der Waals surface area contributed by atoms with Crippen LogP contribution in [0.5, 0.6) is 0 Å². The first-order valence-corrected chi connectivity index (χ1v) is 28.5. The van der Waals surface area contributed by atoms with Crippen LogP contribution in [-0.2, 0) is 23.8 Å². The maximum atomic E-state index is 12.9. The zero-order chi connectivity index (χ0) is 47.7. The van der Waals surface area contributed by atoms with E-state index in [0.717, 1.165) is 89.9 Å². The van der Waals surface area contributed by atoms with Crippen molar-refractivity contribution in [2.45, 2.75) is 284 Å². The monoisotopic (exact) mass is 921 g/mol. The molecule has 0 aromatic rings. The molecule has 0 amide bonds. The number of carbonyl (C=O) groups is 2. The molecule has 1 atom stereocenters. The van der Waals surface area contributed by atoms with Gasteiger partial charge in [0.2, 0.25) is 0 Å². The zero-order valence-electron chi connectivity index (χ0n) is 44.0. The standard InChI is InChI=1S/C61H108O5/c1-4-7-10-13-16-19-22-25-28-30-32-35-38-41-44-47-50-53-56-64-57-59(66-61(63)55-52-49-46-43-40-37-33-27-24-21-18-15-12-9-6-3)58-65-60(62)54-51-48-45-42-39-36-34-31-29-26-23-20-17-14-11-8-5-2/h8,11,16-17,19-20,25-26,28-29,34,36,59H,4-7,9-10,12-15,18,21-24,27,30-33,35,37-58H2,1-3H3/b11-8-,19-16-,20-17-,28-25-,29-26-,36-34-. The van der Waals surface area contributed by atoms with E-state index >= 15 is 0 Å². The van der Waals surface area contributed by atoms with Crippen molar-refractivity contribution in [3.05, 3.63) is 72.9 Å². The van der Waals surface area contributed by atoms with Crippen molar-refractivity contribution >= 4 is 11.9 Å². The lowest BCUT2D eigenvalue weighted by molar-refractivity contribution is -0.163. The lowest BCUT2D eigenvalue weighted by Crippen LogP contribution is -2.30. The molecule has 0 aromatic heterocycles. The summed E-state index contributed by atoms with van der Waals surface area (Å²) in [5, 5.41) is 0. The highest BCUT2D eigenvalue weighted by molar-refractivity contribution is 5.70. The second-order valence-electron chi connectivity index (χ2n) is 18.8. The number of ether oxygens (including phenoxy) is 3. The topological polar surface area (TPSA) is 61.8 Å². The van der Waals surface area contributed by atoms with Crippen LogP contribution in [-0.4, -0.2) is 37.9 Å². The lowest BCUT2D eigenvalue weighted by Gasteiger charge is -2.18. The average Bonchev–Trinajstić information content (AvgIpc) is 3.32. The molecule has 0 saturated carbocycles. The van der Waals surface area contributed by atoms with Gasteiger partial charge in [-0.1, -0.05) is 248 Å². The van der Waals surface area contributed by atoms with Gasteiger partial charge in [0.1, 0.15) is 6.61 Å². The van der Waals surface area contributed by atoms with E-state index in [-0.39, 0.29) is 25.2 Å². The third-order valence-corrected chi connectivity index (χ3v) is 12.2. The van der Waals surface area contributed by atoms with Gasteiger partial charge in [-0.3, -0.25) is 9.59 Å². The van der Waals surface area contributed by atoms with Crippen LogP contribution in [0, 0.1) is 0 Å². The molecule has 0 spiro atoms. The molecule has 0 aliphatic rings. The third-order valence-electron chi connectivity index (χ3n) is 12.2. The summed E-state index contributed by atoms with van der Waals surface area (Å²) in [6.07, 6.45) is 73.4. The van der Waals surface area contributed by atoms with Gasteiger partial charge < -0.3 is 14.2 Å². The molecule has 66 heavy (non-hydrogen) atoms. The van der Waals surface area contributed by atoms with Crippen LogP contribution in [0.4, 0.5) is 0 Å². The van der Waals surface area contributed by atoms with E-state index < -0.39 is 6.10 Å². The van der Waals surface area contributed by atoms with Gasteiger partial charge in [0.15, 0.2) is 6.10 Å². The summed E-state index contributed by atoms with van der Waals surface area (Å²) in [7, 11) is 0. The Morgan fingerprint density at radius 3 is 1.12 bits per heavy atom. The Labute approximate surface area is 410 Å². The Balaban J connectivity index is 4.31. The van der Waals surface area contributed by atoms with Gasteiger partial charge in [0, 0.05) is 19.4 Å². The zero-order valence-corrected chi connectivity index (χ0v) is 44.0. The summed E-state index contributed by atoms with van der Waals surface area (Å²) >= 11 is 0. The van der Waals surface area contributed by atoms with Gasteiger partial charge in [-0.15, -0.1) is 0 Å². The summed E-state index contributed by atoms with van der Waals surface area (Å²) in [5.41, 5.74) is 0. The third kappa shape index (κ3) is 54.0. The van der Waals surface area contributed by atoms with Crippen LogP contribution in [0.3, 0.4) is 0 Å². The summed E-state index contributed by atoms with van der Waals surface area (Å²) in [6.45, 7) is 7.69. The first kappa shape index (κ1) is 63.3. The first-order chi connectivity index (χ1) is 32.6. The van der Waals surface area contributed by atoms with Crippen molar-refractivity contribution in [1.29, 1.82) is 0 Å². The molecule has 0 radical (unpaired) electrons. The van der Waals surface area contributed by atoms with Crippen LogP contribution in [0.25, 0.3) is 0 Å². The molecule has 0 rings (SSSR count). The Morgan fingerprint density at radius 2 is 0.682 bits per heavy atom. The maximum absolute atomic E-state index is 12.9. The van der Waals surface area contributed by atoms with E-state index in [0.29, 0.717) is 19.4 Å². The molecule has 5 nitrogen and oxygen atoms in total. The van der Waals surface area contributed by atoms with Crippen LogP contribution in [0.1, 0.15) is 278 Å². The van der Waals surface area contributed by atoms with E-state index in [1.807, 2.05) is 0 Å². The number of allylic oxidation sites excluding steroid dienone is 12. The van der Waals surface area contributed by atoms with Gasteiger partial charge in [0.05, 0.1) is 6.61 Å². The van der Waals surface area contributed by atoms with Gasteiger partial charge in [-0.2, -0.15) is 0 Å². The van der Waals surface area contributed by atoms with Crippen molar-refractivity contribution in [3.63, 3.8) is 0 Å². The highest BCUT2D eigenvalue weighted by Gasteiger charge is 2.17. The molecule has 1 unspecified atom stereocenters. The molecule has 0 aliphatic carbocycles. The van der Waals surface area contributed by atoms with Crippen LogP contribution in [0.2, 0.25) is 0 Å². The molecule has 0 bridgehead atoms. The van der Waals surface area contributed by atoms with E-state index in [9.17, 15) is 9.59 Å². The summed E-state index contributed by atoms with van der Waals surface area (Å²) in [4.78, 5) is 25.5. The molecular formula is C61H108O5. The fraction of sp³-hybridized carbons (Fsp3) is 0.770. The Morgan fingerprint density at radius 1 is 0.348 bits per heavy atom. The van der Waals surface area contributed by atoms with Crippen LogP contribution < -0.4 is 0 Å². The molecule has 0 fully saturated rings. The summed E-state index contributed by atoms with van der Waals surface area (Å²) < 4.78 is 17.5. The van der Waals surface area contributed by atoms with Crippen LogP contribution >= 0.6 is 0 Å². The molecule has 0 saturated heterocycles. The molecule has 0 N–H and O–H groups in total. The van der Waals surface area contributed by atoms with E-state index in [2.05, 4.69) is 93.7 Å². The van der Waals surface area contributed by atoms with Gasteiger partial charge in [-0.05, 0) is 89.9 Å². The fourth-order valence-corrected chi connectivity index (χ4v) is 8.00. The van der Waals surface area contributed by atoms with Gasteiger partial charge in [0.25, 0.3) is 0 Å². The first-order valence-electron chi connectivity index (χ1n) is 28.5. The maximum Gasteiger partial charge on any atom is 0.306 e. The summed E-state index contributed by atoms with van der Waals surface area (Å²) in [6, 6.07) is 0. The van der Waals surface area contributed by atoms with Crippen molar-refractivity contribution in [2.24, 2.45) is 0 Å². The minimum absolute atomic E-state index is 0.0707. The highest BCUT2D eigenvalue weighted by Crippen LogP contribution is 2.15. The molecule has 0 aromatic carbocycles. The molecule has 5 heteroatoms. The normalized spacial score (nSPS) is 12.7. The fourth-order valence-electron chi connectivity index (χ4n) is 8.00. The van der Waals surface area contributed by atoms with Crippen LogP contribution in [0.15, 0.2) is 72.9 Å². The Kier molecular flexibility index (Phi) is 54.4. The predicted octanol–water partition coefficient (Wildman–Crippen LogP) is 19.5. The minimum atomic E-state index is -0.550. The number of carbonyl (C=O) groups excluding carboxylic acids is 2. The Hall–Kier alpha value is -2.66. The van der Waals surface area contributed by atoms with Crippen molar-refractivity contribution < 1.29 is 23.8 Å². The quantitative estimate of drug-likeness (QED) is 0.0346. The van der Waals surface area contributed by atoms with Crippen molar-refractivity contribution in [2.75, 3.05) is 19.8 Å². The number of rotatable bonds is 52. The van der Waals surface area contributed by atoms with Crippen molar-refractivity contribution in [3.8, 4) is 0 Å². The summed E-state index contributed by atoms with van der Waals surface area (Å²) in [5.74, 6) is -0.418. The number of hydrogen-bond acceptors (Lipinski definition) is 5. The average molecular weight is 922 g/mol. The van der Waals surface area contributed by atoms with Gasteiger partial charge >= 0.3 is 11.9 Å². The number of unbranched alkanes of at least 4 members (excludes halogenated alkanes) is 29. The van der Waals surface area contributed by atoms with Crippen molar-refractivity contribution in [1.82, 2.24) is 0 Å². The lowest BCUT2D eigenvalue weighted by atomic mass is 10.0. The van der Waals surface area contributed by atoms with E-state index in [1.165, 1.54) is 154 Å². The number of hydrogen-bond donors (Lipinski definition) is 0. The highest BCUT2D eigenvalue weighted by atomic mass is 16.6. The Bertz CT molecular complexity index is 1180.